The fourth-order valence-electron chi connectivity index (χ4n) is 2.87. The second-order valence-electron chi connectivity index (χ2n) is 5.68. The molecular formula is C16H27N3. The van der Waals surface area contributed by atoms with Crippen molar-refractivity contribution in [2.75, 3.05) is 45.6 Å². The molecule has 0 amide bonds. The van der Waals surface area contributed by atoms with Gasteiger partial charge < -0.3 is 10.2 Å². The molecular weight excluding hydrogens is 234 g/mol. The van der Waals surface area contributed by atoms with Gasteiger partial charge in [0, 0.05) is 18.3 Å². The molecule has 0 spiro atoms. The standard InChI is InChI=1S/C16H27N3/c1-4-19(11-7-10-18(2)3)15-12-14-8-5-6-9-16(14)17-13-15/h5-6,8-9,15,17H,4,7,10-13H2,1-3H3. The summed E-state index contributed by atoms with van der Waals surface area (Å²) in [4.78, 5) is 4.88. The van der Waals surface area contributed by atoms with Crippen LogP contribution >= 0.6 is 0 Å². The minimum Gasteiger partial charge on any atom is -0.383 e. The molecule has 0 aliphatic carbocycles. The SMILES string of the molecule is CCN(CCCN(C)C)C1CNc2ccccc2C1. The van der Waals surface area contributed by atoms with Crippen molar-refractivity contribution in [3.8, 4) is 0 Å². The molecule has 0 saturated carbocycles. The highest BCUT2D eigenvalue weighted by atomic mass is 15.2. The summed E-state index contributed by atoms with van der Waals surface area (Å²) in [5, 5.41) is 3.57. The van der Waals surface area contributed by atoms with Gasteiger partial charge in [-0.2, -0.15) is 0 Å². The summed E-state index contributed by atoms with van der Waals surface area (Å²) < 4.78 is 0. The van der Waals surface area contributed by atoms with Gasteiger partial charge in [-0.1, -0.05) is 25.1 Å². The molecule has 1 unspecified atom stereocenters. The molecule has 0 bridgehead atoms. The van der Waals surface area contributed by atoms with Crippen molar-refractivity contribution in [2.45, 2.75) is 25.8 Å². The molecule has 1 N–H and O–H groups in total. The topological polar surface area (TPSA) is 18.5 Å². The lowest BCUT2D eigenvalue weighted by Gasteiger charge is -2.35. The van der Waals surface area contributed by atoms with Crippen LogP contribution in [0, 0.1) is 0 Å². The van der Waals surface area contributed by atoms with Crippen LogP contribution in [0.15, 0.2) is 24.3 Å². The van der Waals surface area contributed by atoms with Crippen molar-refractivity contribution < 1.29 is 0 Å². The van der Waals surface area contributed by atoms with Gasteiger partial charge in [-0.3, -0.25) is 4.90 Å². The summed E-state index contributed by atoms with van der Waals surface area (Å²) in [6.45, 7) is 6.86. The van der Waals surface area contributed by atoms with Crippen molar-refractivity contribution in [3.05, 3.63) is 29.8 Å². The van der Waals surface area contributed by atoms with Crippen LogP contribution in [-0.4, -0.2) is 56.1 Å². The van der Waals surface area contributed by atoms with E-state index in [2.05, 4.69) is 60.4 Å². The van der Waals surface area contributed by atoms with E-state index in [1.54, 1.807) is 0 Å². The van der Waals surface area contributed by atoms with Crippen LogP contribution in [0.2, 0.25) is 0 Å². The molecule has 2 rings (SSSR count). The average molecular weight is 261 g/mol. The Hall–Kier alpha value is -1.06. The van der Waals surface area contributed by atoms with E-state index in [0.717, 1.165) is 13.1 Å². The first-order valence-electron chi connectivity index (χ1n) is 7.41. The zero-order valence-corrected chi connectivity index (χ0v) is 12.5. The molecule has 1 aliphatic heterocycles. The number of hydrogen-bond donors (Lipinski definition) is 1. The Balaban J connectivity index is 1.90. The van der Waals surface area contributed by atoms with Crippen LogP contribution in [0.3, 0.4) is 0 Å². The van der Waals surface area contributed by atoms with Crippen molar-refractivity contribution in [1.82, 2.24) is 9.80 Å². The number of hydrogen-bond acceptors (Lipinski definition) is 3. The molecule has 106 valence electrons. The number of rotatable bonds is 6. The van der Waals surface area contributed by atoms with E-state index in [1.807, 2.05) is 0 Å². The molecule has 1 aromatic carbocycles. The van der Waals surface area contributed by atoms with E-state index >= 15 is 0 Å². The number of likely N-dealkylation sites (N-methyl/N-ethyl adjacent to an activating group) is 1. The first-order chi connectivity index (χ1) is 9.20. The van der Waals surface area contributed by atoms with Gasteiger partial charge in [-0.15, -0.1) is 0 Å². The average Bonchev–Trinajstić information content (AvgIpc) is 2.43. The Labute approximate surface area is 117 Å². The predicted molar refractivity (Wildman–Crippen MR) is 82.8 cm³/mol. The first-order valence-corrected chi connectivity index (χ1v) is 7.41. The fraction of sp³-hybridized carbons (Fsp3) is 0.625. The van der Waals surface area contributed by atoms with E-state index in [0.29, 0.717) is 6.04 Å². The third-order valence-electron chi connectivity index (χ3n) is 3.97. The first kappa shape index (κ1) is 14.4. The van der Waals surface area contributed by atoms with Crippen LogP contribution in [0.1, 0.15) is 18.9 Å². The number of anilines is 1. The van der Waals surface area contributed by atoms with E-state index in [9.17, 15) is 0 Å². The fourth-order valence-corrected chi connectivity index (χ4v) is 2.87. The normalized spacial score (nSPS) is 18.5. The molecule has 3 heteroatoms. The second-order valence-corrected chi connectivity index (χ2v) is 5.68. The number of benzene rings is 1. The molecule has 1 aromatic rings. The monoisotopic (exact) mass is 261 g/mol. The lowest BCUT2D eigenvalue weighted by atomic mass is 9.98. The smallest absolute Gasteiger partial charge is 0.0373 e. The van der Waals surface area contributed by atoms with Crippen LogP contribution < -0.4 is 5.32 Å². The van der Waals surface area contributed by atoms with Crippen LogP contribution in [0.5, 0.6) is 0 Å². The molecule has 1 atom stereocenters. The van der Waals surface area contributed by atoms with Gasteiger partial charge >= 0.3 is 0 Å². The summed E-state index contributed by atoms with van der Waals surface area (Å²) in [6.07, 6.45) is 2.43. The Morgan fingerprint density at radius 1 is 1.21 bits per heavy atom. The zero-order valence-electron chi connectivity index (χ0n) is 12.5. The molecule has 0 radical (unpaired) electrons. The van der Waals surface area contributed by atoms with Crippen molar-refractivity contribution in [2.24, 2.45) is 0 Å². The molecule has 0 saturated heterocycles. The number of para-hydroxylation sites is 1. The third-order valence-corrected chi connectivity index (χ3v) is 3.97. The lowest BCUT2D eigenvalue weighted by molar-refractivity contribution is 0.199. The maximum atomic E-state index is 3.57. The lowest BCUT2D eigenvalue weighted by Crippen LogP contribution is -2.44. The zero-order chi connectivity index (χ0) is 13.7. The van der Waals surface area contributed by atoms with Crippen LogP contribution in [-0.2, 0) is 6.42 Å². The number of nitrogens with one attached hydrogen (secondary N) is 1. The van der Waals surface area contributed by atoms with E-state index in [-0.39, 0.29) is 0 Å². The van der Waals surface area contributed by atoms with Gasteiger partial charge in [0.15, 0.2) is 0 Å². The summed E-state index contributed by atoms with van der Waals surface area (Å²) in [5.74, 6) is 0. The van der Waals surface area contributed by atoms with E-state index < -0.39 is 0 Å². The summed E-state index contributed by atoms with van der Waals surface area (Å²) in [6, 6.07) is 9.34. The number of nitrogens with zero attached hydrogens (tertiary/aromatic N) is 2. The van der Waals surface area contributed by atoms with Gasteiger partial charge in [0.2, 0.25) is 0 Å². The Bertz CT molecular complexity index is 389. The summed E-state index contributed by atoms with van der Waals surface area (Å²) >= 11 is 0. The highest BCUT2D eigenvalue weighted by Crippen LogP contribution is 2.23. The molecule has 1 aliphatic rings. The minimum absolute atomic E-state index is 0.641. The van der Waals surface area contributed by atoms with Crippen LogP contribution in [0.4, 0.5) is 5.69 Å². The van der Waals surface area contributed by atoms with Crippen LogP contribution in [0.25, 0.3) is 0 Å². The summed E-state index contributed by atoms with van der Waals surface area (Å²) in [5.41, 5.74) is 2.79. The Kier molecular flexibility index (Phi) is 5.23. The van der Waals surface area contributed by atoms with Gasteiger partial charge in [-0.25, -0.2) is 0 Å². The van der Waals surface area contributed by atoms with Crippen molar-refractivity contribution in [3.63, 3.8) is 0 Å². The molecule has 1 heterocycles. The Morgan fingerprint density at radius 2 is 2.00 bits per heavy atom. The van der Waals surface area contributed by atoms with Gasteiger partial charge in [0.1, 0.15) is 0 Å². The summed E-state index contributed by atoms with van der Waals surface area (Å²) in [7, 11) is 4.30. The predicted octanol–water partition coefficient (Wildman–Crippen LogP) is 2.30. The van der Waals surface area contributed by atoms with Gasteiger partial charge in [0.25, 0.3) is 0 Å². The van der Waals surface area contributed by atoms with E-state index in [4.69, 9.17) is 0 Å². The van der Waals surface area contributed by atoms with Crippen molar-refractivity contribution >= 4 is 5.69 Å². The maximum absolute atomic E-state index is 3.57. The molecule has 0 aromatic heterocycles. The minimum atomic E-state index is 0.641. The molecule has 19 heavy (non-hydrogen) atoms. The highest BCUT2D eigenvalue weighted by Gasteiger charge is 2.22. The Morgan fingerprint density at radius 3 is 2.74 bits per heavy atom. The molecule has 0 fully saturated rings. The van der Waals surface area contributed by atoms with E-state index in [1.165, 1.54) is 37.2 Å². The number of fused-ring (bicyclic) bond motifs is 1. The maximum Gasteiger partial charge on any atom is 0.0373 e. The highest BCUT2D eigenvalue weighted by molar-refractivity contribution is 5.53. The quantitative estimate of drug-likeness (QED) is 0.847. The largest absolute Gasteiger partial charge is 0.383 e. The second kappa shape index (κ2) is 6.92. The van der Waals surface area contributed by atoms with Crippen molar-refractivity contribution in [1.29, 1.82) is 0 Å². The van der Waals surface area contributed by atoms with Gasteiger partial charge in [0.05, 0.1) is 0 Å². The molecule has 3 nitrogen and oxygen atoms in total. The third kappa shape index (κ3) is 3.95. The van der Waals surface area contributed by atoms with Gasteiger partial charge in [-0.05, 0) is 58.2 Å².